The second kappa shape index (κ2) is 4.85. The van der Waals surface area contributed by atoms with Gasteiger partial charge in [0.1, 0.15) is 5.82 Å². The highest BCUT2D eigenvalue weighted by Crippen LogP contribution is 2.09. The van der Waals surface area contributed by atoms with Gasteiger partial charge >= 0.3 is 0 Å². The Hall–Kier alpha value is -1.05. The minimum absolute atomic E-state index is 1.06. The fourth-order valence-electron chi connectivity index (χ4n) is 1.30. The van der Waals surface area contributed by atoms with E-state index in [0.717, 1.165) is 25.2 Å². The molecule has 0 saturated carbocycles. The Morgan fingerprint density at radius 1 is 1.31 bits per heavy atom. The summed E-state index contributed by atoms with van der Waals surface area (Å²) in [5.41, 5.74) is 1.30. The summed E-state index contributed by atoms with van der Waals surface area (Å²) in [7, 11) is 2.08. The van der Waals surface area contributed by atoms with Gasteiger partial charge in [0.15, 0.2) is 0 Å². The van der Waals surface area contributed by atoms with E-state index < -0.39 is 0 Å². The fourth-order valence-corrected chi connectivity index (χ4v) is 1.30. The molecule has 0 atom stereocenters. The first-order chi connectivity index (χ1) is 6.27. The van der Waals surface area contributed by atoms with Crippen molar-refractivity contribution < 1.29 is 0 Å². The van der Waals surface area contributed by atoms with E-state index in [-0.39, 0.29) is 0 Å². The lowest BCUT2D eigenvalue weighted by atomic mass is 10.2. The van der Waals surface area contributed by atoms with Gasteiger partial charge in [-0.25, -0.2) is 4.98 Å². The minimum Gasteiger partial charge on any atom is -0.360 e. The number of aromatic nitrogens is 1. The molecule has 0 N–H and O–H groups in total. The minimum atomic E-state index is 1.06. The van der Waals surface area contributed by atoms with Gasteiger partial charge in [-0.05, 0) is 24.5 Å². The topological polar surface area (TPSA) is 16.1 Å². The molecule has 0 aliphatic heterocycles. The van der Waals surface area contributed by atoms with Crippen LogP contribution >= 0.6 is 0 Å². The van der Waals surface area contributed by atoms with Crippen LogP contribution in [0.25, 0.3) is 0 Å². The van der Waals surface area contributed by atoms with Crippen LogP contribution in [0.15, 0.2) is 18.3 Å². The van der Waals surface area contributed by atoms with Gasteiger partial charge in [0, 0.05) is 19.8 Å². The molecular weight excluding hydrogens is 160 g/mol. The van der Waals surface area contributed by atoms with Gasteiger partial charge in [-0.2, -0.15) is 0 Å². The highest BCUT2D eigenvalue weighted by molar-refractivity contribution is 5.38. The number of pyridine rings is 1. The van der Waals surface area contributed by atoms with Gasteiger partial charge in [-0.1, -0.05) is 19.9 Å². The molecule has 0 unspecified atom stereocenters. The molecule has 0 aliphatic rings. The maximum atomic E-state index is 4.39. The molecule has 0 bridgehead atoms. The third kappa shape index (κ3) is 2.72. The first-order valence-electron chi connectivity index (χ1n) is 4.94. The van der Waals surface area contributed by atoms with Gasteiger partial charge < -0.3 is 4.90 Å². The van der Waals surface area contributed by atoms with Crippen molar-refractivity contribution in [3.63, 3.8) is 0 Å². The summed E-state index contributed by atoms with van der Waals surface area (Å²) < 4.78 is 0. The predicted molar refractivity (Wildman–Crippen MR) is 57.2 cm³/mol. The highest BCUT2D eigenvalue weighted by Gasteiger charge is 1.99. The molecule has 1 heterocycles. The Bertz CT molecular complexity index is 241. The molecule has 72 valence electrons. The van der Waals surface area contributed by atoms with Crippen molar-refractivity contribution in [2.24, 2.45) is 0 Å². The van der Waals surface area contributed by atoms with Crippen molar-refractivity contribution in [2.75, 3.05) is 18.5 Å². The molecule has 2 nitrogen and oxygen atoms in total. The molecule has 0 spiro atoms. The number of anilines is 1. The van der Waals surface area contributed by atoms with Crippen molar-refractivity contribution in [2.45, 2.75) is 26.7 Å². The maximum absolute atomic E-state index is 4.39. The van der Waals surface area contributed by atoms with Crippen LogP contribution in [0.5, 0.6) is 0 Å². The third-order valence-corrected chi connectivity index (χ3v) is 2.17. The standard InChI is InChI=1S/C11H18N2/c1-4-8-13(3)11-7-6-10(5-2)9-12-11/h6-7,9H,4-5,8H2,1-3H3. The normalized spacial score (nSPS) is 10.1. The van der Waals surface area contributed by atoms with Crippen molar-refractivity contribution in [3.05, 3.63) is 23.9 Å². The molecule has 0 fully saturated rings. The van der Waals surface area contributed by atoms with E-state index in [2.05, 4.69) is 42.9 Å². The lowest BCUT2D eigenvalue weighted by Crippen LogP contribution is -2.18. The van der Waals surface area contributed by atoms with E-state index in [4.69, 9.17) is 0 Å². The quantitative estimate of drug-likeness (QED) is 0.704. The summed E-state index contributed by atoms with van der Waals surface area (Å²) >= 11 is 0. The largest absolute Gasteiger partial charge is 0.360 e. The molecule has 0 saturated heterocycles. The van der Waals surface area contributed by atoms with Crippen LogP contribution in [0.1, 0.15) is 25.8 Å². The summed E-state index contributed by atoms with van der Waals surface area (Å²) in [6.45, 7) is 5.39. The monoisotopic (exact) mass is 178 g/mol. The van der Waals surface area contributed by atoms with E-state index >= 15 is 0 Å². The smallest absolute Gasteiger partial charge is 0.128 e. The van der Waals surface area contributed by atoms with Crippen LogP contribution < -0.4 is 4.90 Å². The number of hydrogen-bond donors (Lipinski definition) is 0. The summed E-state index contributed by atoms with van der Waals surface area (Å²) in [5.74, 6) is 1.07. The summed E-state index contributed by atoms with van der Waals surface area (Å²) in [4.78, 5) is 6.57. The number of rotatable bonds is 4. The van der Waals surface area contributed by atoms with Crippen LogP contribution in [0.2, 0.25) is 0 Å². The van der Waals surface area contributed by atoms with Crippen molar-refractivity contribution >= 4 is 5.82 Å². The number of aryl methyl sites for hydroxylation is 1. The molecule has 1 aromatic rings. The summed E-state index contributed by atoms with van der Waals surface area (Å²) in [5, 5.41) is 0. The second-order valence-electron chi connectivity index (χ2n) is 3.30. The van der Waals surface area contributed by atoms with E-state index in [0.29, 0.717) is 0 Å². The molecule has 13 heavy (non-hydrogen) atoms. The Labute approximate surface area is 80.6 Å². The summed E-state index contributed by atoms with van der Waals surface area (Å²) in [6, 6.07) is 4.24. The van der Waals surface area contributed by atoms with Gasteiger partial charge in [-0.3, -0.25) is 0 Å². The second-order valence-corrected chi connectivity index (χ2v) is 3.30. The lowest BCUT2D eigenvalue weighted by molar-refractivity contribution is 0.836. The Kier molecular flexibility index (Phi) is 3.74. The average molecular weight is 178 g/mol. The van der Waals surface area contributed by atoms with Crippen molar-refractivity contribution in [1.29, 1.82) is 0 Å². The molecule has 0 aliphatic carbocycles. The van der Waals surface area contributed by atoms with E-state index in [1.807, 2.05) is 6.20 Å². The first kappa shape index (κ1) is 10.0. The number of nitrogens with zero attached hydrogens (tertiary/aromatic N) is 2. The highest BCUT2D eigenvalue weighted by atomic mass is 15.2. The zero-order chi connectivity index (χ0) is 9.68. The summed E-state index contributed by atoms with van der Waals surface area (Å²) in [6.07, 6.45) is 4.18. The van der Waals surface area contributed by atoms with Crippen LogP contribution in [0, 0.1) is 0 Å². The molecule has 0 amide bonds. The van der Waals surface area contributed by atoms with Crippen LogP contribution in [-0.4, -0.2) is 18.6 Å². The molecule has 0 radical (unpaired) electrons. The Balaban J connectivity index is 2.67. The van der Waals surface area contributed by atoms with Crippen LogP contribution in [0.4, 0.5) is 5.82 Å². The van der Waals surface area contributed by atoms with E-state index in [1.165, 1.54) is 5.56 Å². The van der Waals surface area contributed by atoms with Gasteiger partial charge in [0.05, 0.1) is 0 Å². The zero-order valence-electron chi connectivity index (χ0n) is 8.75. The Morgan fingerprint density at radius 2 is 2.08 bits per heavy atom. The van der Waals surface area contributed by atoms with Crippen LogP contribution in [0.3, 0.4) is 0 Å². The average Bonchev–Trinajstić information content (AvgIpc) is 2.18. The molecule has 1 rings (SSSR count). The molecule has 0 aromatic carbocycles. The molecular formula is C11H18N2. The SMILES string of the molecule is CCCN(C)c1ccc(CC)cn1. The number of hydrogen-bond acceptors (Lipinski definition) is 2. The van der Waals surface area contributed by atoms with Gasteiger partial charge in [-0.15, -0.1) is 0 Å². The molecule has 2 heteroatoms. The lowest BCUT2D eigenvalue weighted by Gasteiger charge is -2.16. The fraction of sp³-hybridized carbons (Fsp3) is 0.545. The van der Waals surface area contributed by atoms with Crippen LogP contribution in [-0.2, 0) is 6.42 Å². The van der Waals surface area contributed by atoms with E-state index in [9.17, 15) is 0 Å². The maximum Gasteiger partial charge on any atom is 0.128 e. The third-order valence-electron chi connectivity index (χ3n) is 2.17. The molecule has 1 aromatic heterocycles. The predicted octanol–water partition coefficient (Wildman–Crippen LogP) is 2.49. The van der Waals surface area contributed by atoms with Crippen molar-refractivity contribution in [3.8, 4) is 0 Å². The van der Waals surface area contributed by atoms with Crippen molar-refractivity contribution in [1.82, 2.24) is 4.98 Å². The Morgan fingerprint density at radius 3 is 2.54 bits per heavy atom. The first-order valence-corrected chi connectivity index (χ1v) is 4.94. The van der Waals surface area contributed by atoms with Gasteiger partial charge in [0.25, 0.3) is 0 Å². The zero-order valence-corrected chi connectivity index (χ0v) is 8.75. The van der Waals surface area contributed by atoms with Gasteiger partial charge in [0.2, 0.25) is 0 Å². The van der Waals surface area contributed by atoms with E-state index in [1.54, 1.807) is 0 Å².